The summed E-state index contributed by atoms with van der Waals surface area (Å²) in [5.74, 6) is -0.0488. The Labute approximate surface area is 179 Å². The lowest BCUT2D eigenvalue weighted by Gasteiger charge is -2.08. The second-order valence-corrected chi connectivity index (χ2v) is 7.87. The molecule has 5 nitrogen and oxygen atoms in total. The minimum Gasteiger partial charge on any atom is -0.325 e. The van der Waals surface area contributed by atoms with E-state index in [1.165, 1.54) is 18.7 Å². The molecule has 2 N–H and O–H groups in total. The average molecular weight is 419 g/mol. The van der Waals surface area contributed by atoms with E-state index in [9.17, 15) is 14.4 Å². The van der Waals surface area contributed by atoms with Crippen molar-refractivity contribution in [3.63, 3.8) is 0 Å². The van der Waals surface area contributed by atoms with Gasteiger partial charge in [0.05, 0.1) is 5.75 Å². The molecular formula is C24H22N2O3S. The Morgan fingerprint density at radius 2 is 1.43 bits per heavy atom. The highest BCUT2D eigenvalue weighted by Gasteiger charge is 2.08. The number of Topliss-reactive ketones (excluding diaryl/α,β-unsaturated/α-hetero) is 1. The van der Waals surface area contributed by atoms with Crippen LogP contribution in [0, 0.1) is 6.92 Å². The van der Waals surface area contributed by atoms with Crippen molar-refractivity contribution >= 4 is 40.7 Å². The van der Waals surface area contributed by atoms with Crippen LogP contribution in [-0.4, -0.2) is 23.4 Å². The summed E-state index contributed by atoms with van der Waals surface area (Å²) in [7, 11) is 0. The number of carbonyl (C=O) groups excluding carboxylic acids is 3. The number of ketones is 1. The third kappa shape index (κ3) is 6.06. The summed E-state index contributed by atoms with van der Waals surface area (Å²) in [5.41, 5.74) is 3.60. The lowest BCUT2D eigenvalue weighted by atomic mass is 10.1. The van der Waals surface area contributed by atoms with E-state index in [0.29, 0.717) is 22.5 Å². The largest absolute Gasteiger partial charge is 0.325 e. The van der Waals surface area contributed by atoms with Crippen LogP contribution in [0.4, 0.5) is 11.4 Å². The van der Waals surface area contributed by atoms with Crippen LogP contribution in [0.5, 0.6) is 0 Å². The molecule has 0 aliphatic carbocycles. The van der Waals surface area contributed by atoms with Gasteiger partial charge in [-0.05, 0) is 74.5 Å². The van der Waals surface area contributed by atoms with Gasteiger partial charge >= 0.3 is 0 Å². The van der Waals surface area contributed by atoms with Crippen LogP contribution in [0.1, 0.15) is 33.2 Å². The average Bonchev–Trinajstić information content (AvgIpc) is 2.73. The molecule has 0 unspecified atom stereocenters. The molecule has 0 aromatic heterocycles. The van der Waals surface area contributed by atoms with Crippen LogP contribution >= 0.6 is 11.8 Å². The van der Waals surface area contributed by atoms with Gasteiger partial charge in [0.25, 0.3) is 5.91 Å². The first kappa shape index (κ1) is 21.3. The number of rotatable bonds is 7. The summed E-state index contributed by atoms with van der Waals surface area (Å²) in [6, 6.07) is 21.6. The fourth-order valence-corrected chi connectivity index (χ4v) is 3.46. The van der Waals surface area contributed by atoms with Gasteiger partial charge in [-0.25, -0.2) is 0 Å². The Balaban J connectivity index is 1.49. The van der Waals surface area contributed by atoms with E-state index in [0.717, 1.165) is 10.5 Å². The van der Waals surface area contributed by atoms with Crippen molar-refractivity contribution in [2.45, 2.75) is 18.7 Å². The number of thioether (sulfide) groups is 1. The van der Waals surface area contributed by atoms with Gasteiger partial charge in [-0.15, -0.1) is 11.8 Å². The summed E-state index contributed by atoms with van der Waals surface area (Å²) in [6.45, 7) is 3.45. The van der Waals surface area contributed by atoms with Crippen LogP contribution in [0.2, 0.25) is 0 Å². The summed E-state index contributed by atoms with van der Waals surface area (Å²) >= 11 is 1.40. The Morgan fingerprint density at radius 1 is 0.800 bits per heavy atom. The third-order valence-corrected chi connectivity index (χ3v) is 5.35. The van der Waals surface area contributed by atoms with E-state index < -0.39 is 0 Å². The van der Waals surface area contributed by atoms with Gasteiger partial charge in [0.1, 0.15) is 0 Å². The number of anilines is 2. The Morgan fingerprint density at radius 3 is 2.07 bits per heavy atom. The van der Waals surface area contributed by atoms with Crippen LogP contribution in [0.25, 0.3) is 0 Å². The van der Waals surface area contributed by atoms with E-state index >= 15 is 0 Å². The smallest absolute Gasteiger partial charge is 0.255 e. The van der Waals surface area contributed by atoms with Crippen LogP contribution in [0.3, 0.4) is 0 Å². The zero-order chi connectivity index (χ0) is 21.5. The van der Waals surface area contributed by atoms with Gasteiger partial charge in [-0.3, -0.25) is 14.4 Å². The maximum Gasteiger partial charge on any atom is 0.255 e. The highest BCUT2D eigenvalue weighted by Crippen LogP contribution is 2.21. The molecule has 3 aromatic rings. The second kappa shape index (κ2) is 9.89. The highest BCUT2D eigenvalue weighted by molar-refractivity contribution is 8.00. The molecule has 0 heterocycles. The molecular weight excluding hydrogens is 396 g/mol. The molecule has 0 radical (unpaired) electrons. The predicted molar refractivity (Wildman–Crippen MR) is 121 cm³/mol. The summed E-state index contributed by atoms with van der Waals surface area (Å²) in [4.78, 5) is 36.7. The summed E-state index contributed by atoms with van der Waals surface area (Å²) < 4.78 is 0. The normalized spacial score (nSPS) is 10.3. The number of benzene rings is 3. The van der Waals surface area contributed by atoms with Gasteiger partial charge in [0.15, 0.2) is 5.78 Å². The standard InChI is InChI=1S/C24H22N2O3S/c1-16-4-3-5-19(14-16)24(29)26-21-10-12-22(13-11-21)30-15-23(28)25-20-8-6-18(7-9-20)17(2)27/h3-14H,15H2,1-2H3,(H,25,28)(H,26,29). The number of hydrogen-bond acceptors (Lipinski definition) is 4. The van der Waals surface area contributed by atoms with Crippen molar-refractivity contribution in [3.05, 3.63) is 89.5 Å². The van der Waals surface area contributed by atoms with Gasteiger partial charge in [-0.2, -0.15) is 0 Å². The van der Waals surface area contributed by atoms with Crippen molar-refractivity contribution in [1.82, 2.24) is 0 Å². The quantitative estimate of drug-likeness (QED) is 0.409. The van der Waals surface area contributed by atoms with Crippen molar-refractivity contribution in [2.75, 3.05) is 16.4 Å². The lowest BCUT2D eigenvalue weighted by Crippen LogP contribution is -2.14. The Bertz CT molecular complexity index is 1060. The summed E-state index contributed by atoms with van der Waals surface area (Å²) in [5, 5.41) is 5.68. The molecule has 0 spiro atoms. The Hall–Kier alpha value is -3.38. The monoisotopic (exact) mass is 418 g/mol. The van der Waals surface area contributed by atoms with Crippen molar-refractivity contribution < 1.29 is 14.4 Å². The van der Waals surface area contributed by atoms with Gasteiger partial charge in [0, 0.05) is 27.4 Å². The van der Waals surface area contributed by atoms with Gasteiger partial charge in [-0.1, -0.05) is 17.7 Å². The molecule has 152 valence electrons. The molecule has 0 aliphatic heterocycles. The molecule has 0 aliphatic rings. The first-order chi connectivity index (χ1) is 14.4. The fourth-order valence-electron chi connectivity index (χ4n) is 2.76. The van der Waals surface area contributed by atoms with Crippen molar-refractivity contribution in [1.29, 1.82) is 0 Å². The molecule has 30 heavy (non-hydrogen) atoms. The number of hydrogen-bond donors (Lipinski definition) is 2. The topological polar surface area (TPSA) is 75.3 Å². The van der Waals surface area contributed by atoms with Crippen molar-refractivity contribution in [3.8, 4) is 0 Å². The molecule has 0 saturated carbocycles. The molecule has 2 amide bonds. The minimum absolute atomic E-state index is 0.0121. The molecule has 3 rings (SSSR count). The van der Waals surface area contributed by atoms with Crippen LogP contribution < -0.4 is 10.6 Å². The Kier molecular flexibility index (Phi) is 7.03. The van der Waals surface area contributed by atoms with E-state index in [1.54, 1.807) is 30.3 Å². The molecule has 0 bridgehead atoms. The van der Waals surface area contributed by atoms with E-state index in [2.05, 4.69) is 10.6 Å². The predicted octanol–water partition coefficient (Wildman–Crippen LogP) is 5.18. The summed E-state index contributed by atoms with van der Waals surface area (Å²) in [6.07, 6.45) is 0. The first-order valence-corrected chi connectivity index (χ1v) is 10.4. The van der Waals surface area contributed by atoms with E-state index in [4.69, 9.17) is 0 Å². The zero-order valence-electron chi connectivity index (χ0n) is 16.8. The molecule has 0 fully saturated rings. The first-order valence-electron chi connectivity index (χ1n) is 9.42. The number of amides is 2. The number of nitrogens with one attached hydrogen (secondary N) is 2. The minimum atomic E-state index is -0.158. The SMILES string of the molecule is CC(=O)c1ccc(NC(=O)CSc2ccc(NC(=O)c3cccc(C)c3)cc2)cc1. The molecule has 0 atom stereocenters. The molecule has 6 heteroatoms. The number of carbonyl (C=O) groups is 3. The second-order valence-electron chi connectivity index (χ2n) is 6.82. The van der Waals surface area contributed by atoms with E-state index in [-0.39, 0.29) is 23.4 Å². The van der Waals surface area contributed by atoms with E-state index in [1.807, 2.05) is 49.4 Å². The number of aryl methyl sites for hydroxylation is 1. The maximum atomic E-state index is 12.3. The fraction of sp³-hybridized carbons (Fsp3) is 0.125. The van der Waals surface area contributed by atoms with Gasteiger partial charge in [0.2, 0.25) is 5.91 Å². The maximum absolute atomic E-state index is 12.3. The van der Waals surface area contributed by atoms with Crippen LogP contribution in [-0.2, 0) is 4.79 Å². The zero-order valence-corrected chi connectivity index (χ0v) is 17.6. The highest BCUT2D eigenvalue weighted by atomic mass is 32.2. The molecule has 3 aromatic carbocycles. The third-order valence-electron chi connectivity index (χ3n) is 4.34. The lowest BCUT2D eigenvalue weighted by molar-refractivity contribution is -0.113. The van der Waals surface area contributed by atoms with Crippen LogP contribution in [0.15, 0.2) is 77.7 Å². The van der Waals surface area contributed by atoms with Crippen molar-refractivity contribution in [2.24, 2.45) is 0 Å². The van der Waals surface area contributed by atoms with Gasteiger partial charge < -0.3 is 10.6 Å². The molecule has 0 saturated heterocycles.